The number of hydrogen-bond acceptors (Lipinski definition) is 1. The highest BCUT2D eigenvalue weighted by Crippen LogP contribution is 2.51. The van der Waals surface area contributed by atoms with E-state index >= 15 is 0 Å². The first-order valence-electron chi connectivity index (χ1n) is 8.66. The van der Waals surface area contributed by atoms with Gasteiger partial charge in [-0.25, -0.2) is 4.39 Å². The molecule has 3 rings (SSSR count). The van der Waals surface area contributed by atoms with Crippen LogP contribution in [-0.4, -0.2) is 6.54 Å². The van der Waals surface area contributed by atoms with Gasteiger partial charge in [0.15, 0.2) is 0 Å². The monoisotopic (exact) mass is 289 g/mol. The summed E-state index contributed by atoms with van der Waals surface area (Å²) in [6, 6.07) is 5.57. The lowest BCUT2D eigenvalue weighted by Crippen LogP contribution is -2.27. The molecule has 0 spiro atoms. The zero-order valence-electron chi connectivity index (χ0n) is 13.4. The van der Waals surface area contributed by atoms with Gasteiger partial charge in [-0.05, 0) is 86.6 Å². The van der Waals surface area contributed by atoms with Crippen LogP contribution in [0.2, 0.25) is 0 Å². The second kappa shape index (κ2) is 6.48. The molecule has 0 saturated heterocycles. The highest BCUT2D eigenvalue weighted by atomic mass is 19.1. The molecule has 21 heavy (non-hydrogen) atoms. The van der Waals surface area contributed by atoms with Gasteiger partial charge in [0, 0.05) is 6.04 Å². The van der Waals surface area contributed by atoms with Crippen LogP contribution in [0.3, 0.4) is 0 Å². The van der Waals surface area contributed by atoms with Crippen LogP contribution in [-0.2, 0) is 0 Å². The van der Waals surface area contributed by atoms with Gasteiger partial charge in [-0.2, -0.15) is 0 Å². The standard InChI is InChI=1S/C19H28FN/c1-3-8-21-19(18-12-17(20)7-4-13(18)2)11-16-10-14-5-6-15(16)9-14/h4,7,12,14-16,19,21H,3,5-6,8-11H2,1-2H3. The largest absolute Gasteiger partial charge is 0.310 e. The minimum Gasteiger partial charge on any atom is -0.310 e. The molecule has 2 aliphatic rings. The van der Waals surface area contributed by atoms with Gasteiger partial charge in [0.05, 0.1) is 0 Å². The molecule has 1 aromatic rings. The summed E-state index contributed by atoms with van der Waals surface area (Å²) >= 11 is 0. The summed E-state index contributed by atoms with van der Waals surface area (Å²) in [5.74, 6) is 2.67. The van der Waals surface area contributed by atoms with E-state index in [9.17, 15) is 4.39 Å². The number of rotatable bonds is 6. The zero-order chi connectivity index (χ0) is 14.8. The molecule has 4 unspecified atom stereocenters. The van der Waals surface area contributed by atoms with Crippen molar-refractivity contribution in [2.75, 3.05) is 6.54 Å². The van der Waals surface area contributed by atoms with Crippen LogP contribution in [0.5, 0.6) is 0 Å². The van der Waals surface area contributed by atoms with E-state index in [0.717, 1.165) is 30.7 Å². The molecule has 0 radical (unpaired) electrons. The van der Waals surface area contributed by atoms with Crippen LogP contribution in [0.1, 0.15) is 62.6 Å². The number of nitrogens with one attached hydrogen (secondary N) is 1. The van der Waals surface area contributed by atoms with E-state index in [2.05, 4.69) is 19.2 Å². The van der Waals surface area contributed by atoms with Crippen LogP contribution < -0.4 is 5.32 Å². The summed E-state index contributed by atoms with van der Waals surface area (Å²) < 4.78 is 13.7. The lowest BCUT2D eigenvalue weighted by atomic mass is 9.82. The third-order valence-corrected chi connectivity index (χ3v) is 5.68. The quantitative estimate of drug-likeness (QED) is 0.777. The van der Waals surface area contributed by atoms with E-state index in [1.54, 1.807) is 12.1 Å². The molecule has 2 bridgehead atoms. The number of aryl methyl sites for hydroxylation is 1. The summed E-state index contributed by atoms with van der Waals surface area (Å²) in [6.07, 6.45) is 8.05. The molecular formula is C19H28FN. The van der Waals surface area contributed by atoms with Crippen LogP contribution in [0.25, 0.3) is 0 Å². The van der Waals surface area contributed by atoms with Crippen molar-refractivity contribution in [3.63, 3.8) is 0 Å². The summed E-state index contributed by atoms with van der Waals surface area (Å²) in [4.78, 5) is 0. The van der Waals surface area contributed by atoms with Gasteiger partial charge in [0.2, 0.25) is 0 Å². The number of hydrogen-bond donors (Lipinski definition) is 1. The molecule has 2 saturated carbocycles. The van der Waals surface area contributed by atoms with Crippen LogP contribution in [0, 0.1) is 30.5 Å². The van der Waals surface area contributed by atoms with Crippen molar-refractivity contribution in [3.8, 4) is 0 Å². The lowest BCUT2D eigenvalue weighted by Gasteiger charge is -2.28. The molecule has 1 N–H and O–H groups in total. The van der Waals surface area contributed by atoms with E-state index < -0.39 is 0 Å². The molecule has 0 aromatic heterocycles. The van der Waals surface area contributed by atoms with Gasteiger partial charge < -0.3 is 5.32 Å². The Morgan fingerprint density at radius 1 is 1.29 bits per heavy atom. The second-order valence-electron chi connectivity index (χ2n) is 7.18. The maximum atomic E-state index is 13.7. The molecule has 1 nitrogen and oxygen atoms in total. The van der Waals surface area contributed by atoms with Crippen molar-refractivity contribution >= 4 is 0 Å². The predicted molar refractivity (Wildman–Crippen MR) is 85.7 cm³/mol. The van der Waals surface area contributed by atoms with Crippen molar-refractivity contribution in [1.82, 2.24) is 5.32 Å². The maximum Gasteiger partial charge on any atom is 0.123 e. The lowest BCUT2D eigenvalue weighted by molar-refractivity contribution is 0.278. The van der Waals surface area contributed by atoms with Crippen molar-refractivity contribution in [2.24, 2.45) is 17.8 Å². The van der Waals surface area contributed by atoms with Crippen LogP contribution in [0.15, 0.2) is 18.2 Å². The average Bonchev–Trinajstić information content (AvgIpc) is 3.08. The van der Waals surface area contributed by atoms with Gasteiger partial charge in [0.25, 0.3) is 0 Å². The second-order valence-corrected chi connectivity index (χ2v) is 7.18. The van der Waals surface area contributed by atoms with Crippen LogP contribution in [0.4, 0.5) is 4.39 Å². The van der Waals surface area contributed by atoms with Gasteiger partial charge in [-0.15, -0.1) is 0 Å². The first-order valence-corrected chi connectivity index (χ1v) is 8.66. The highest BCUT2D eigenvalue weighted by molar-refractivity contribution is 5.29. The van der Waals surface area contributed by atoms with Gasteiger partial charge in [-0.3, -0.25) is 0 Å². The molecule has 0 aliphatic heterocycles. The molecule has 0 heterocycles. The molecular weight excluding hydrogens is 261 g/mol. The Bertz CT molecular complexity index is 484. The Balaban J connectivity index is 1.75. The molecule has 4 atom stereocenters. The fourth-order valence-corrected chi connectivity index (χ4v) is 4.59. The Morgan fingerprint density at radius 2 is 2.14 bits per heavy atom. The van der Waals surface area contributed by atoms with E-state index in [0.29, 0.717) is 6.04 Å². The van der Waals surface area contributed by atoms with E-state index in [-0.39, 0.29) is 5.82 Å². The Morgan fingerprint density at radius 3 is 2.81 bits per heavy atom. The minimum atomic E-state index is -0.105. The highest BCUT2D eigenvalue weighted by Gasteiger charge is 2.40. The number of halogens is 1. The predicted octanol–water partition coefficient (Wildman–Crippen LogP) is 5.00. The average molecular weight is 289 g/mol. The van der Waals surface area contributed by atoms with Crippen LogP contribution >= 0.6 is 0 Å². The maximum absolute atomic E-state index is 13.7. The molecule has 2 aliphatic carbocycles. The molecule has 116 valence electrons. The molecule has 2 fully saturated rings. The fraction of sp³-hybridized carbons (Fsp3) is 0.684. The Hall–Kier alpha value is -0.890. The first kappa shape index (κ1) is 15.0. The van der Waals surface area contributed by atoms with E-state index in [1.807, 2.05) is 6.07 Å². The topological polar surface area (TPSA) is 12.0 Å². The normalized spacial score (nSPS) is 29.0. The van der Waals surface area contributed by atoms with Crippen molar-refractivity contribution in [1.29, 1.82) is 0 Å². The molecule has 0 amide bonds. The molecule has 2 heteroatoms. The third-order valence-electron chi connectivity index (χ3n) is 5.68. The SMILES string of the molecule is CCCNC(CC1CC2CCC1C2)c1cc(F)ccc1C. The van der Waals surface area contributed by atoms with E-state index in [1.165, 1.54) is 43.2 Å². The summed E-state index contributed by atoms with van der Waals surface area (Å²) in [5.41, 5.74) is 2.39. The summed E-state index contributed by atoms with van der Waals surface area (Å²) in [5, 5.41) is 3.67. The first-order chi connectivity index (χ1) is 10.2. The van der Waals surface area contributed by atoms with Gasteiger partial charge in [0.1, 0.15) is 5.82 Å². The Labute approximate surface area is 128 Å². The van der Waals surface area contributed by atoms with Crippen molar-refractivity contribution in [3.05, 3.63) is 35.1 Å². The zero-order valence-corrected chi connectivity index (χ0v) is 13.4. The number of benzene rings is 1. The van der Waals surface area contributed by atoms with Gasteiger partial charge in [-0.1, -0.05) is 19.4 Å². The van der Waals surface area contributed by atoms with Crippen molar-refractivity contribution < 1.29 is 4.39 Å². The molecule has 1 aromatic carbocycles. The fourth-order valence-electron chi connectivity index (χ4n) is 4.59. The minimum absolute atomic E-state index is 0.105. The smallest absolute Gasteiger partial charge is 0.123 e. The third kappa shape index (κ3) is 3.31. The summed E-state index contributed by atoms with van der Waals surface area (Å²) in [7, 11) is 0. The van der Waals surface area contributed by atoms with E-state index in [4.69, 9.17) is 0 Å². The Kier molecular flexibility index (Phi) is 4.63. The van der Waals surface area contributed by atoms with Crippen molar-refractivity contribution in [2.45, 2.75) is 58.4 Å². The van der Waals surface area contributed by atoms with Gasteiger partial charge >= 0.3 is 0 Å². The summed E-state index contributed by atoms with van der Waals surface area (Å²) in [6.45, 7) is 5.32. The number of fused-ring (bicyclic) bond motifs is 2.